The lowest BCUT2D eigenvalue weighted by atomic mass is 10.2. The summed E-state index contributed by atoms with van der Waals surface area (Å²) in [5.41, 5.74) is 1.68. The highest BCUT2D eigenvalue weighted by Gasteiger charge is 2.07. The Balaban J connectivity index is 2.14. The van der Waals surface area contributed by atoms with E-state index in [1.165, 1.54) is 12.1 Å². The van der Waals surface area contributed by atoms with E-state index < -0.39 is 0 Å². The molecule has 0 fully saturated rings. The predicted octanol–water partition coefficient (Wildman–Crippen LogP) is 4.91. The molecule has 0 heterocycles. The van der Waals surface area contributed by atoms with Gasteiger partial charge in [-0.05, 0) is 41.5 Å². The molecule has 0 atom stereocenters. The number of methoxy groups -OCH3 is 1. The molecule has 0 amide bonds. The summed E-state index contributed by atoms with van der Waals surface area (Å²) >= 11 is 9.02. The van der Waals surface area contributed by atoms with Crippen LogP contribution in [-0.2, 0) is 12.5 Å². The lowest BCUT2D eigenvalue weighted by Crippen LogP contribution is -1.99. The van der Waals surface area contributed by atoms with E-state index in [2.05, 4.69) is 15.9 Å². The molecule has 0 saturated heterocycles. The van der Waals surface area contributed by atoms with Crippen LogP contribution in [0.3, 0.4) is 0 Å². The maximum absolute atomic E-state index is 13.3. The zero-order valence-corrected chi connectivity index (χ0v) is 13.2. The van der Waals surface area contributed by atoms with Gasteiger partial charge in [-0.2, -0.15) is 0 Å². The van der Waals surface area contributed by atoms with E-state index in [4.69, 9.17) is 21.1 Å². The summed E-state index contributed by atoms with van der Waals surface area (Å²) in [6.07, 6.45) is 0. The minimum absolute atomic E-state index is 0.257. The molecule has 2 aromatic rings. The third-order valence-corrected chi connectivity index (χ3v) is 3.47. The molecule has 0 radical (unpaired) electrons. The van der Waals surface area contributed by atoms with Crippen LogP contribution < -0.4 is 9.47 Å². The molecule has 0 bridgehead atoms. The molecule has 20 heavy (non-hydrogen) atoms. The quantitative estimate of drug-likeness (QED) is 0.706. The Labute approximate surface area is 130 Å². The van der Waals surface area contributed by atoms with E-state index in [0.29, 0.717) is 21.9 Å². The number of alkyl halides is 1. The summed E-state index contributed by atoms with van der Waals surface area (Å²) in [7, 11) is 1.57. The van der Waals surface area contributed by atoms with Crippen LogP contribution in [-0.4, -0.2) is 7.11 Å². The third kappa shape index (κ3) is 3.87. The number of hydrogen-bond acceptors (Lipinski definition) is 2. The molecule has 0 saturated carbocycles. The van der Waals surface area contributed by atoms with Crippen molar-refractivity contribution in [1.29, 1.82) is 0 Å². The van der Waals surface area contributed by atoms with Crippen molar-refractivity contribution >= 4 is 27.5 Å². The molecule has 2 nitrogen and oxygen atoms in total. The van der Waals surface area contributed by atoms with E-state index in [1.54, 1.807) is 13.2 Å². The van der Waals surface area contributed by atoms with Crippen molar-refractivity contribution in [1.82, 2.24) is 0 Å². The average molecular weight is 360 g/mol. The number of hydrogen-bond donors (Lipinski definition) is 0. The lowest BCUT2D eigenvalue weighted by Gasteiger charge is -2.12. The highest BCUT2D eigenvalue weighted by Crippen LogP contribution is 2.29. The average Bonchev–Trinajstić information content (AvgIpc) is 2.44. The van der Waals surface area contributed by atoms with Crippen LogP contribution in [0.2, 0.25) is 0 Å². The molecule has 0 unspecified atom stereocenters. The van der Waals surface area contributed by atoms with Gasteiger partial charge in [-0.25, -0.2) is 4.39 Å². The standard InChI is InChI=1S/C15H13BrClFO2/c1-19-15-6-10(8-17)2-3-14(15)20-9-11-4-12(16)7-13(18)5-11/h2-7H,8-9H2,1H3. The second-order valence-electron chi connectivity index (χ2n) is 4.19. The van der Waals surface area contributed by atoms with Crippen molar-refractivity contribution in [2.24, 2.45) is 0 Å². The summed E-state index contributed by atoms with van der Waals surface area (Å²) in [4.78, 5) is 0. The summed E-state index contributed by atoms with van der Waals surface area (Å²) in [6.45, 7) is 0.257. The first-order valence-electron chi connectivity index (χ1n) is 5.93. The normalized spacial score (nSPS) is 10.4. The van der Waals surface area contributed by atoms with Gasteiger partial charge in [-0.15, -0.1) is 11.6 Å². The second kappa shape index (κ2) is 6.95. The molecule has 0 aromatic heterocycles. The van der Waals surface area contributed by atoms with E-state index in [0.717, 1.165) is 11.1 Å². The topological polar surface area (TPSA) is 18.5 Å². The van der Waals surface area contributed by atoms with Crippen LogP contribution in [0.15, 0.2) is 40.9 Å². The monoisotopic (exact) mass is 358 g/mol. The molecule has 0 aliphatic carbocycles. The predicted molar refractivity (Wildman–Crippen MR) is 81.0 cm³/mol. The Hall–Kier alpha value is -1.26. The first-order chi connectivity index (χ1) is 9.62. The van der Waals surface area contributed by atoms with Gasteiger partial charge in [0.2, 0.25) is 0 Å². The third-order valence-electron chi connectivity index (χ3n) is 2.70. The van der Waals surface area contributed by atoms with Gasteiger partial charge >= 0.3 is 0 Å². The Bertz CT molecular complexity index is 584. The van der Waals surface area contributed by atoms with Crippen molar-refractivity contribution in [3.05, 3.63) is 57.8 Å². The van der Waals surface area contributed by atoms with Crippen molar-refractivity contribution in [2.45, 2.75) is 12.5 Å². The van der Waals surface area contributed by atoms with Gasteiger partial charge in [0.05, 0.1) is 7.11 Å². The van der Waals surface area contributed by atoms with Crippen LogP contribution in [0.4, 0.5) is 4.39 Å². The minimum Gasteiger partial charge on any atom is -0.493 e. The Morgan fingerprint density at radius 2 is 1.90 bits per heavy atom. The first-order valence-corrected chi connectivity index (χ1v) is 7.26. The van der Waals surface area contributed by atoms with Crippen molar-refractivity contribution in [3.8, 4) is 11.5 Å². The fraction of sp³-hybridized carbons (Fsp3) is 0.200. The molecule has 2 aromatic carbocycles. The number of halogens is 3. The van der Waals surface area contributed by atoms with Crippen molar-refractivity contribution in [3.63, 3.8) is 0 Å². The molecule has 0 spiro atoms. The van der Waals surface area contributed by atoms with E-state index in [9.17, 15) is 4.39 Å². The molecule has 0 aliphatic rings. The van der Waals surface area contributed by atoms with Crippen LogP contribution in [0.1, 0.15) is 11.1 Å². The Morgan fingerprint density at radius 3 is 2.55 bits per heavy atom. The molecule has 0 aliphatic heterocycles. The molecule has 5 heteroatoms. The summed E-state index contributed by atoms with van der Waals surface area (Å²) in [6, 6.07) is 10.1. The van der Waals surface area contributed by atoms with Gasteiger partial charge < -0.3 is 9.47 Å². The molecule has 0 N–H and O–H groups in total. The fourth-order valence-electron chi connectivity index (χ4n) is 1.77. The molecular weight excluding hydrogens is 347 g/mol. The fourth-order valence-corrected chi connectivity index (χ4v) is 2.45. The SMILES string of the molecule is COc1cc(CCl)ccc1OCc1cc(F)cc(Br)c1. The lowest BCUT2D eigenvalue weighted by molar-refractivity contribution is 0.284. The number of rotatable bonds is 5. The molecular formula is C15H13BrClFO2. The van der Waals surface area contributed by atoms with Crippen LogP contribution in [0.5, 0.6) is 11.5 Å². The van der Waals surface area contributed by atoms with E-state index in [-0.39, 0.29) is 12.4 Å². The van der Waals surface area contributed by atoms with Crippen molar-refractivity contribution in [2.75, 3.05) is 7.11 Å². The van der Waals surface area contributed by atoms with Gasteiger partial charge in [-0.1, -0.05) is 22.0 Å². The Kier molecular flexibility index (Phi) is 5.26. The zero-order chi connectivity index (χ0) is 14.5. The van der Waals surface area contributed by atoms with Crippen LogP contribution >= 0.6 is 27.5 Å². The second-order valence-corrected chi connectivity index (χ2v) is 5.37. The van der Waals surface area contributed by atoms with Gasteiger partial charge in [0.15, 0.2) is 11.5 Å². The maximum Gasteiger partial charge on any atom is 0.161 e. The smallest absolute Gasteiger partial charge is 0.161 e. The number of benzene rings is 2. The maximum atomic E-state index is 13.3. The van der Waals surface area contributed by atoms with E-state index in [1.807, 2.05) is 18.2 Å². The highest BCUT2D eigenvalue weighted by atomic mass is 79.9. The van der Waals surface area contributed by atoms with Crippen molar-refractivity contribution < 1.29 is 13.9 Å². The van der Waals surface area contributed by atoms with Gasteiger partial charge in [0, 0.05) is 10.4 Å². The van der Waals surface area contributed by atoms with Gasteiger partial charge in [0.1, 0.15) is 12.4 Å². The van der Waals surface area contributed by atoms with Crippen LogP contribution in [0.25, 0.3) is 0 Å². The summed E-state index contributed by atoms with van der Waals surface area (Å²) < 4.78 is 24.9. The minimum atomic E-state index is -0.303. The largest absolute Gasteiger partial charge is 0.493 e. The zero-order valence-electron chi connectivity index (χ0n) is 10.8. The van der Waals surface area contributed by atoms with E-state index >= 15 is 0 Å². The molecule has 2 rings (SSSR count). The number of ether oxygens (including phenoxy) is 2. The highest BCUT2D eigenvalue weighted by molar-refractivity contribution is 9.10. The summed E-state index contributed by atoms with van der Waals surface area (Å²) in [5, 5.41) is 0. The van der Waals surface area contributed by atoms with Crippen LogP contribution in [0, 0.1) is 5.82 Å². The van der Waals surface area contributed by atoms with Gasteiger partial charge in [0.25, 0.3) is 0 Å². The summed E-state index contributed by atoms with van der Waals surface area (Å²) in [5.74, 6) is 1.32. The first kappa shape index (κ1) is 15.1. The Morgan fingerprint density at radius 1 is 1.10 bits per heavy atom. The van der Waals surface area contributed by atoms with Gasteiger partial charge in [-0.3, -0.25) is 0 Å². The molecule has 106 valence electrons.